The lowest BCUT2D eigenvalue weighted by molar-refractivity contribution is -0.119. The fourth-order valence-electron chi connectivity index (χ4n) is 1.85. The van der Waals surface area contributed by atoms with Gasteiger partial charge in [0.15, 0.2) is 12.4 Å². The number of hydrogen-bond acceptors (Lipinski definition) is 3. The second kappa shape index (κ2) is 8.20. The van der Waals surface area contributed by atoms with E-state index in [2.05, 4.69) is 0 Å². The third kappa shape index (κ3) is 4.99. The van der Waals surface area contributed by atoms with Crippen LogP contribution in [0.2, 0.25) is 15.1 Å². The van der Waals surface area contributed by atoms with Gasteiger partial charge in [-0.15, -0.1) is 0 Å². The van der Waals surface area contributed by atoms with Crippen LogP contribution in [0.15, 0.2) is 42.5 Å². The molecule has 2 rings (SSSR count). The van der Waals surface area contributed by atoms with Gasteiger partial charge >= 0.3 is 0 Å². The Hall–Kier alpha value is -2.01. The number of allylic oxidation sites excluding steroid dienone is 1. The molecule has 2 aromatic carbocycles. The summed E-state index contributed by atoms with van der Waals surface area (Å²) >= 11 is 17.9. The van der Waals surface area contributed by atoms with Crippen molar-refractivity contribution in [2.24, 2.45) is 5.73 Å². The fraction of sp³-hybridized carbons (Fsp3) is 0.0588. The maximum absolute atomic E-state index is 12.2. The van der Waals surface area contributed by atoms with Crippen LogP contribution in [0.4, 0.5) is 0 Å². The summed E-state index contributed by atoms with van der Waals surface area (Å²) in [6, 6.07) is 9.52. The minimum Gasteiger partial charge on any atom is -0.484 e. The molecule has 0 fully saturated rings. The largest absolute Gasteiger partial charge is 0.484 e. The zero-order valence-corrected chi connectivity index (χ0v) is 14.5. The molecule has 2 N–H and O–H groups in total. The van der Waals surface area contributed by atoms with Crippen molar-refractivity contribution in [3.63, 3.8) is 0 Å². The summed E-state index contributed by atoms with van der Waals surface area (Å²) in [4.78, 5) is 23.0. The molecule has 2 aromatic rings. The van der Waals surface area contributed by atoms with Crippen LogP contribution >= 0.6 is 34.8 Å². The first-order valence-corrected chi connectivity index (χ1v) is 7.88. The normalized spacial score (nSPS) is 10.8. The number of ketones is 1. The minimum absolute atomic E-state index is 0.260. The van der Waals surface area contributed by atoms with E-state index in [1.54, 1.807) is 24.3 Å². The summed E-state index contributed by atoms with van der Waals surface area (Å²) in [5.74, 6) is -0.498. The first-order valence-electron chi connectivity index (χ1n) is 6.75. The van der Waals surface area contributed by atoms with Crippen LogP contribution in [0.25, 0.3) is 6.08 Å². The molecule has 0 spiro atoms. The lowest BCUT2D eigenvalue weighted by Crippen LogP contribution is -2.20. The van der Waals surface area contributed by atoms with Gasteiger partial charge in [-0.25, -0.2) is 0 Å². The number of carbonyl (C=O) groups excluding carboxylic acids is 2. The molecule has 0 aliphatic heterocycles. The number of carbonyl (C=O) groups is 2. The number of ether oxygens (including phenoxy) is 1. The molecule has 0 heterocycles. The summed E-state index contributed by atoms with van der Waals surface area (Å²) in [7, 11) is 0. The van der Waals surface area contributed by atoms with Crippen molar-refractivity contribution >= 4 is 52.6 Å². The van der Waals surface area contributed by atoms with Crippen LogP contribution in [0.3, 0.4) is 0 Å². The monoisotopic (exact) mass is 383 g/mol. The van der Waals surface area contributed by atoms with Crippen molar-refractivity contribution in [2.75, 3.05) is 6.61 Å². The minimum atomic E-state index is -0.598. The van der Waals surface area contributed by atoms with Gasteiger partial charge in [0.1, 0.15) is 5.75 Å². The van der Waals surface area contributed by atoms with Crippen LogP contribution in [-0.2, 0) is 4.79 Å². The number of benzene rings is 2. The molecule has 7 heteroatoms. The summed E-state index contributed by atoms with van der Waals surface area (Å²) < 4.78 is 5.16. The SMILES string of the molecule is NC(=O)COc1cccc(C(=O)/C=C/c2cc(Cl)cc(Cl)c2Cl)c1. The molecule has 0 unspecified atom stereocenters. The molecule has 0 aliphatic carbocycles. The number of nitrogens with two attached hydrogens (primary N) is 1. The summed E-state index contributed by atoms with van der Waals surface area (Å²) in [6.45, 7) is -0.260. The van der Waals surface area contributed by atoms with E-state index in [1.165, 1.54) is 24.3 Å². The summed E-state index contributed by atoms with van der Waals surface area (Å²) in [6.07, 6.45) is 2.88. The predicted molar refractivity (Wildman–Crippen MR) is 96.0 cm³/mol. The Bertz CT molecular complexity index is 819. The Morgan fingerprint density at radius 1 is 1.12 bits per heavy atom. The first-order chi connectivity index (χ1) is 11.4. The average molecular weight is 385 g/mol. The number of primary amides is 1. The highest BCUT2D eigenvalue weighted by atomic mass is 35.5. The van der Waals surface area contributed by atoms with Crippen LogP contribution in [0, 0.1) is 0 Å². The van der Waals surface area contributed by atoms with Crippen LogP contribution in [0.1, 0.15) is 15.9 Å². The molecular weight excluding hydrogens is 373 g/mol. The van der Waals surface area contributed by atoms with Crippen LogP contribution in [-0.4, -0.2) is 18.3 Å². The van der Waals surface area contributed by atoms with Gasteiger partial charge in [-0.3, -0.25) is 9.59 Å². The van der Waals surface area contributed by atoms with E-state index in [4.69, 9.17) is 45.3 Å². The molecule has 124 valence electrons. The zero-order chi connectivity index (χ0) is 17.7. The van der Waals surface area contributed by atoms with Gasteiger partial charge < -0.3 is 10.5 Å². The molecule has 0 saturated carbocycles. The Morgan fingerprint density at radius 2 is 1.88 bits per heavy atom. The maximum atomic E-state index is 12.2. The van der Waals surface area contributed by atoms with Crippen LogP contribution in [0.5, 0.6) is 5.75 Å². The van der Waals surface area contributed by atoms with Crippen molar-refractivity contribution in [1.29, 1.82) is 0 Å². The number of amides is 1. The van der Waals surface area contributed by atoms with E-state index in [1.807, 2.05) is 0 Å². The number of hydrogen-bond donors (Lipinski definition) is 1. The van der Waals surface area contributed by atoms with Gasteiger partial charge in [-0.1, -0.05) is 46.9 Å². The van der Waals surface area contributed by atoms with E-state index in [0.29, 0.717) is 31.9 Å². The molecule has 24 heavy (non-hydrogen) atoms. The molecule has 0 aromatic heterocycles. The van der Waals surface area contributed by atoms with Crippen molar-refractivity contribution in [3.05, 3.63) is 68.7 Å². The molecule has 0 saturated heterocycles. The second-order valence-electron chi connectivity index (χ2n) is 4.77. The van der Waals surface area contributed by atoms with Gasteiger partial charge in [-0.05, 0) is 42.0 Å². The summed E-state index contributed by atoms with van der Waals surface area (Å²) in [5.41, 5.74) is 5.93. The molecular formula is C17H12Cl3NO3. The smallest absolute Gasteiger partial charge is 0.255 e. The summed E-state index contributed by atoms with van der Waals surface area (Å²) in [5, 5.41) is 1.03. The van der Waals surface area contributed by atoms with Crippen LogP contribution < -0.4 is 10.5 Å². The Balaban J connectivity index is 2.18. The molecule has 0 atom stereocenters. The van der Waals surface area contributed by atoms with Gasteiger partial charge in [-0.2, -0.15) is 0 Å². The third-order valence-electron chi connectivity index (χ3n) is 2.94. The quantitative estimate of drug-likeness (QED) is 0.456. The number of halogens is 3. The van der Waals surface area contributed by atoms with E-state index in [-0.39, 0.29) is 12.4 Å². The second-order valence-corrected chi connectivity index (χ2v) is 5.99. The van der Waals surface area contributed by atoms with E-state index >= 15 is 0 Å². The van der Waals surface area contributed by atoms with E-state index < -0.39 is 5.91 Å². The Kier molecular flexibility index (Phi) is 6.26. The highest BCUT2D eigenvalue weighted by Crippen LogP contribution is 2.30. The first kappa shape index (κ1) is 18.3. The van der Waals surface area contributed by atoms with Gasteiger partial charge in [0.05, 0.1) is 10.0 Å². The highest BCUT2D eigenvalue weighted by molar-refractivity contribution is 6.44. The van der Waals surface area contributed by atoms with E-state index in [0.717, 1.165) is 0 Å². The fourth-order valence-corrected chi connectivity index (χ4v) is 2.53. The molecule has 0 aliphatic rings. The molecule has 4 nitrogen and oxygen atoms in total. The highest BCUT2D eigenvalue weighted by Gasteiger charge is 2.07. The number of rotatable bonds is 6. The third-order valence-corrected chi connectivity index (χ3v) is 3.97. The molecule has 0 bridgehead atoms. The van der Waals surface area contributed by atoms with Crippen molar-refractivity contribution in [2.45, 2.75) is 0 Å². The lowest BCUT2D eigenvalue weighted by Gasteiger charge is -2.05. The zero-order valence-electron chi connectivity index (χ0n) is 12.3. The van der Waals surface area contributed by atoms with Gasteiger partial charge in [0.25, 0.3) is 5.91 Å². The van der Waals surface area contributed by atoms with Crippen molar-refractivity contribution < 1.29 is 14.3 Å². The predicted octanol–water partition coefficient (Wildman–Crippen LogP) is 4.41. The lowest BCUT2D eigenvalue weighted by atomic mass is 10.1. The Morgan fingerprint density at radius 3 is 2.58 bits per heavy atom. The topological polar surface area (TPSA) is 69.4 Å². The molecule has 0 radical (unpaired) electrons. The maximum Gasteiger partial charge on any atom is 0.255 e. The Labute approximate surface area is 153 Å². The average Bonchev–Trinajstić information content (AvgIpc) is 2.54. The van der Waals surface area contributed by atoms with Gasteiger partial charge in [0, 0.05) is 10.6 Å². The molecule has 1 amide bonds. The van der Waals surface area contributed by atoms with Gasteiger partial charge in [0.2, 0.25) is 0 Å². The van der Waals surface area contributed by atoms with Crippen molar-refractivity contribution in [1.82, 2.24) is 0 Å². The van der Waals surface area contributed by atoms with Crippen molar-refractivity contribution in [3.8, 4) is 5.75 Å². The van der Waals surface area contributed by atoms with E-state index in [9.17, 15) is 9.59 Å². The standard InChI is InChI=1S/C17H12Cl3NO3/c18-12-6-11(17(20)14(19)8-12)4-5-15(22)10-2-1-3-13(7-10)24-9-16(21)23/h1-8H,9H2,(H2,21,23)/b5-4+.